The molecule has 6 atom stereocenters. The van der Waals surface area contributed by atoms with Gasteiger partial charge in [0.05, 0.1) is 12.7 Å². The summed E-state index contributed by atoms with van der Waals surface area (Å²) < 4.78 is 43.9. The van der Waals surface area contributed by atoms with Crippen molar-refractivity contribution in [1.29, 1.82) is 0 Å². The van der Waals surface area contributed by atoms with Crippen LogP contribution in [0.1, 0.15) is 27.7 Å². The van der Waals surface area contributed by atoms with Crippen molar-refractivity contribution in [1.82, 2.24) is 15.3 Å². The Morgan fingerprint density at radius 1 is 1.53 bits per heavy atom. The molecular formula is C18H29FN3O7P. The summed E-state index contributed by atoms with van der Waals surface area (Å²) in [5, 5.41) is 15.4. The van der Waals surface area contributed by atoms with E-state index in [1.54, 1.807) is 13.8 Å². The first-order valence-corrected chi connectivity index (χ1v) is 11.5. The first kappa shape index (κ1) is 24.5. The van der Waals surface area contributed by atoms with E-state index in [2.05, 4.69) is 17.0 Å². The van der Waals surface area contributed by atoms with Gasteiger partial charge in [-0.1, -0.05) is 6.58 Å². The van der Waals surface area contributed by atoms with Crippen molar-refractivity contribution >= 4 is 19.4 Å². The molecule has 1 amide bonds. The number of ether oxygens (including phenoxy) is 2. The lowest BCUT2D eigenvalue weighted by Crippen LogP contribution is -2.51. The zero-order valence-corrected chi connectivity index (χ0v) is 18.5. The number of esters is 1. The van der Waals surface area contributed by atoms with Gasteiger partial charge in [0.1, 0.15) is 24.1 Å². The van der Waals surface area contributed by atoms with Gasteiger partial charge in [-0.3, -0.25) is 14.2 Å². The van der Waals surface area contributed by atoms with Crippen LogP contribution in [-0.4, -0.2) is 71.4 Å². The summed E-state index contributed by atoms with van der Waals surface area (Å²) in [6.07, 6.45) is -1.92. The van der Waals surface area contributed by atoms with E-state index in [0.29, 0.717) is 0 Å². The second kappa shape index (κ2) is 9.15. The maximum Gasteiger partial charge on any atom is 0.323 e. The van der Waals surface area contributed by atoms with Crippen molar-refractivity contribution in [2.24, 2.45) is 0 Å². The molecule has 0 saturated carbocycles. The number of amides is 1. The Morgan fingerprint density at radius 2 is 2.17 bits per heavy atom. The van der Waals surface area contributed by atoms with Gasteiger partial charge in [-0.05, 0) is 27.7 Å². The number of nitrogens with one attached hydrogen (secondary N) is 2. The van der Waals surface area contributed by atoms with Gasteiger partial charge in [-0.15, -0.1) is 0 Å². The number of alkyl halides is 1. The van der Waals surface area contributed by atoms with Crippen LogP contribution in [0.25, 0.3) is 0 Å². The van der Waals surface area contributed by atoms with E-state index in [-0.39, 0.29) is 11.9 Å². The number of hydrogen-bond donors (Lipinski definition) is 3. The average Bonchev–Trinajstić information content (AvgIpc) is 2.82. The maximum absolute atomic E-state index is 15.2. The van der Waals surface area contributed by atoms with E-state index in [1.165, 1.54) is 30.8 Å². The standard InChI is InChI=1S/C18H29FN3O7P/c1-10(2)28-16(25)11(3)21-30(6,26)27-9-13-15(24)18(5,19)17(29-13)22-8-7-14(23)20-12(22)4/h7-8,10-11,13,15,17,24H,4,9H2,1-3,5-6H3,(H,20,23)(H,21,26)/t11-,13+,15+,17+,18+,30-/m0/s1. The molecule has 0 aromatic carbocycles. The minimum Gasteiger partial charge on any atom is -0.462 e. The van der Waals surface area contributed by atoms with Crippen LogP contribution in [-0.2, 0) is 28.2 Å². The molecule has 170 valence electrons. The average molecular weight is 449 g/mol. The maximum atomic E-state index is 15.2. The number of halogens is 1. The van der Waals surface area contributed by atoms with Gasteiger partial charge >= 0.3 is 5.97 Å². The van der Waals surface area contributed by atoms with Crippen molar-refractivity contribution in [2.45, 2.75) is 63.9 Å². The Bertz CT molecular complexity index is 773. The van der Waals surface area contributed by atoms with Crippen LogP contribution in [0.15, 0.2) is 24.7 Å². The molecule has 3 N–H and O–H groups in total. The quantitative estimate of drug-likeness (QED) is 0.367. The van der Waals surface area contributed by atoms with Crippen molar-refractivity contribution in [3.8, 4) is 0 Å². The monoisotopic (exact) mass is 449 g/mol. The number of carbonyl (C=O) groups excluding carboxylic acids is 2. The summed E-state index contributed by atoms with van der Waals surface area (Å²) in [5.41, 5.74) is -2.25. The van der Waals surface area contributed by atoms with Crippen molar-refractivity contribution in [2.75, 3.05) is 13.3 Å². The molecule has 2 rings (SSSR count). The highest BCUT2D eigenvalue weighted by atomic mass is 31.2. The van der Waals surface area contributed by atoms with Gasteiger partial charge in [0.25, 0.3) is 13.4 Å². The molecule has 10 nitrogen and oxygen atoms in total. The molecule has 0 unspecified atom stereocenters. The lowest BCUT2D eigenvalue weighted by Gasteiger charge is -2.35. The third-order valence-corrected chi connectivity index (χ3v) is 6.05. The Morgan fingerprint density at radius 3 is 2.73 bits per heavy atom. The fourth-order valence-corrected chi connectivity index (χ4v) is 4.36. The SMILES string of the molecule is C=C1NC(=O)C=CN1[C@@H]1O[C@H](CO[P@](C)(=O)N[C@@H](C)C(=O)OC(C)C)[C@@H](O)[C@@]1(C)F. The highest BCUT2D eigenvalue weighted by molar-refractivity contribution is 7.56. The van der Waals surface area contributed by atoms with Crippen LogP contribution >= 0.6 is 7.52 Å². The number of aliphatic hydroxyl groups is 1. The van der Waals surface area contributed by atoms with Crippen LogP contribution < -0.4 is 10.4 Å². The van der Waals surface area contributed by atoms with Gasteiger partial charge in [-0.2, -0.15) is 0 Å². The fraction of sp³-hybridized carbons (Fsp3) is 0.667. The molecule has 12 heteroatoms. The van der Waals surface area contributed by atoms with E-state index in [4.69, 9.17) is 14.0 Å². The topological polar surface area (TPSA) is 126 Å². The molecular weight excluding hydrogens is 420 g/mol. The number of hydrogen-bond acceptors (Lipinski definition) is 8. The summed E-state index contributed by atoms with van der Waals surface area (Å²) in [6.45, 7) is 10.5. The van der Waals surface area contributed by atoms with Crippen LogP contribution in [0.4, 0.5) is 4.39 Å². The van der Waals surface area contributed by atoms with Gasteiger partial charge in [0.2, 0.25) is 0 Å². The van der Waals surface area contributed by atoms with E-state index in [1.807, 2.05) is 0 Å². The Kier molecular flexibility index (Phi) is 7.47. The van der Waals surface area contributed by atoms with E-state index in [0.717, 1.165) is 6.92 Å². The molecule has 0 aliphatic carbocycles. The molecule has 0 bridgehead atoms. The van der Waals surface area contributed by atoms with Gasteiger partial charge in [0, 0.05) is 18.9 Å². The third-order valence-electron chi connectivity index (χ3n) is 4.55. The second-order valence-electron chi connectivity index (χ2n) is 7.76. The van der Waals surface area contributed by atoms with Crippen LogP contribution in [0.5, 0.6) is 0 Å². The number of rotatable bonds is 8. The smallest absolute Gasteiger partial charge is 0.323 e. The normalized spacial score (nSPS) is 32.1. The van der Waals surface area contributed by atoms with Gasteiger partial charge < -0.3 is 29.3 Å². The second-order valence-corrected chi connectivity index (χ2v) is 9.97. The number of aliphatic hydroxyl groups excluding tert-OH is 1. The van der Waals surface area contributed by atoms with Crippen molar-refractivity contribution < 1.29 is 37.6 Å². The summed E-state index contributed by atoms with van der Waals surface area (Å²) in [7, 11) is -3.51. The van der Waals surface area contributed by atoms with E-state index < -0.39 is 56.1 Å². The highest BCUT2D eigenvalue weighted by Gasteiger charge is 2.57. The third kappa shape index (κ3) is 5.67. The largest absolute Gasteiger partial charge is 0.462 e. The zero-order valence-electron chi connectivity index (χ0n) is 17.6. The minimum atomic E-state index is -3.51. The predicted octanol–water partition coefficient (Wildman–Crippen LogP) is 0.986. The first-order valence-electron chi connectivity index (χ1n) is 9.44. The molecule has 2 heterocycles. The minimum absolute atomic E-state index is 0.0884. The molecule has 0 spiro atoms. The van der Waals surface area contributed by atoms with Crippen molar-refractivity contribution in [3.05, 3.63) is 24.7 Å². The molecule has 0 aromatic rings. The highest BCUT2D eigenvalue weighted by Crippen LogP contribution is 2.42. The van der Waals surface area contributed by atoms with E-state index >= 15 is 4.39 Å². The number of carbonyl (C=O) groups is 2. The molecule has 1 saturated heterocycles. The van der Waals surface area contributed by atoms with Gasteiger partial charge in [0.15, 0.2) is 11.9 Å². The summed E-state index contributed by atoms with van der Waals surface area (Å²) in [4.78, 5) is 24.5. The molecule has 2 aliphatic heterocycles. The first-order chi connectivity index (χ1) is 13.7. The lowest BCUT2D eigenvalue weighted by molar-refractivity contribution is -0.149. The summed E-state index contributed by atoms with van der Waals surface area (Å²) in [6, 6.07) is -0.901. The Balaban J connectivity index is 2.01. The summed E-state index contributed by atoms with van der Waals surface area (Å²) in [5.74, 6) is -0.925. The molecule has 0 aromatic heterocycles. The predicted molar refractivity (Wildman–Crippen MR) is 106 cm³/mol. The van der Waals surface area contributed by atoms with Crippen LogP contribution in [0.3, 0.4) is 0 Å². The van der Waals surface area contributed by atoms with Crippen molar-refractivity contribution in [3.63, 3.8) is 0 Å². The Hall–Kier alpha value is -1.78. The Labute approximate surface area is 174 Å². The van der Waals surface area contributed by atoms with E-state index in [9.17, 15) is 19.3 Å². The summed E-state index contributed by atoms with van der Waals surface area (Å²) >= 11 is 0. The van der Waals surface area contributed by atoms with Crippen LogP contribution in [0, 0.1) is 0 Å². The zero-order chi connectivity index (χ0) is 22.9. The number of nitrogens with zero attached hydrogens (tertiary/aromatic N) is 1. The molecule has 2 aliphatic rings. The fourth-order valence-electron chi connectivity index (χ4n) is 3.05. The molecule has 0 radical (unpaired) electrons. The molecule has 1 fully saturated rings. The lowest BCUT2D eigenvalue weighted by atomic mass is 9.98. The molecule has 30 heavy (non-hydrogen) atoms. The van der Waals surface area contributed by atoms with Gasteiger partial charge in [-0.25, -0.2) is 9.48 Å². The van der Waals surface area contributed by atoms with Crippen LogP contribution in [0.2, 0.25) is 0 Å².